The van der Waals surface area contributed by atoms with Crippen molar-refractivity contribution in [2.24, 2.45) is 0 Å². The highest BCUT2D eigenvalue weighted by atomic mass is 35.5. The topological polar surface area (TPSA) is 91.5 Å². The van der Waals surface area contributed by atoms with E-state index in [1.54, 1.807) is 17.4 Å². The van der Waals surface area contributed by atoms with E-state index in [1.807, 2.05) is 35.8 Å². The van der Waals surface area contributed by atoms with Gasteiger partial charge in [0.25, 0.3) is 5.91 Å². The Kier molecular flexibility index (Phi) is 6.95. The van der Waals surface area contributed by atoms with Crippen molar-refractivity contribution in [2.75, 3.05) is 32.8 Å². The second kappa shape index (κ2) is 10.1. The van der Waals surface area contributed by atoms with E-state index in [0.29, 0.717) is 19.8 Å². The van der Waals surface area contributed by atoms with E-state index in [4.69, 9.17) is 16.3 Å². The molecule has 1 aliphatic heterocycles. The Morgan fingerprint density at radius 2 is 1.94 bits per heavy atom. The van der Waals surface area contributed by atoms with Gasteiger partial charge in [-0.3, -0.25) is 4.79 Å². The van der Waals surface area contributed by atoms with Crippen LogP contribution >= 0.6 is 22.9 Å². The molecule has 0 unspecified atom stereocenters. The van der Waals surface area contributed by atoms with Gasteiger partial charge >= 0.3 is 0 Å². The molecule has 1 aliphatic rings. The lowest BCUT2D eigenvalue weighted by Gasteiger charge is -2.26. The maximum absolute atomic E-state index is 13.1. The minimum absolute atomic E-state index is 0.0565. The number of halogens is 1. The zero-order valence-electron chi connectivity index (χ0n) is 18.7. The monoisotopic (exact) mass is 529 g/mol. The van der Waals surface area contributed by atoms with E-state index in [9.17, 15) is 13.2 Å². The molecule has 1 saturated heterocycles. The van der Waals surface area contributed by atoms with Crippen LogP contribution in [-0.4, -0.2) is 56.5 Å². The van der Waals surface area contributed by atoms with E-state index in [1.165, 1.54) is 16.4 Å². The fourth-order valence-electron chi connectivity index (χ4n) is 4.30. The number of rotatable bonds is 7. The van der Waals surface area contributed by atoms with Gasteiger partial charge in [-0.25, -0.2) is 8.42 Å². The van der Waals surface area contributed by atoms with Gasteiger partial charge in [0.1, 0.15) is 4.90 Å². The van der Waals surface area contributed by atoms with Gasteiger partial charge in [0.2, 0.25) is 10.0 Å². The highest BCUT2D eigenvalue weighted by Crippen LogP contribution is 2.33. The molecule has 1 amide bonds. The highest BCUT2D eigenvalue weighted by Gasteiger charge is 2.29. The number of hydrogen-bond donors (Lipinski definition) is 2. The van der Waals surface area contributed by atoms with Crippen LogP contribution in [-0.2, 0) is 14.8 Å². The second-order valence-electron chi connectivity index (χ2n) is 8.23. The number of hydrogen-bond acceptors (Lipinski definition) is 5. The number of aromatic nitrogens is 1. The van der Waals surface area contributed by atoms with Crippen molar-refractivity contribution >= 4 is 49.8 Å². The summed E-state index contributed by atoms with van der Waals surface area (Å²) < 4.78 is 32.9. The first-order valence-electron chi connectivity index (χ1n) is 11.2. The largest absolute Gasteiger partial charge is 0.379 e. The van der Waals surface area contributed by atoms with Crippen LogP contribution in [0.2, 0.25) is 5.02 Å². The fraction of sp³-hybridized carbons (Fsp3) is 0.240. The van der Waals surface area contributed by atoms with E-state index in [-0.39, 0.29) is 40.4 Å². The zero-order chi connectivity index (χ0) is 24.4. The summed E-state index contributed by atoms with van der Waals surface area (Å²) in [6.45, 7) is 1.52. The van der Waals surface area contributed by atoms with Crippen LogP contribution in [0.25, 0.3) is 10.9 Å². The standard InChI is InChI=1S/C25H24ClN3O4S2/c26-21-8-7-17(14-24(21)35(31,32)29-9-11-33-12-10-29)25(30)28-16-20(23-6-3-13-34-23)19-15-27-22-5-2-1-4-18(19)22/h1-8,13-15,20,27H,9-12,16H2,(H,28,30)/t20-/m1/s1. The first kappa shape index (κ1) is 24.0. The van der Waals surface area contributed by atoms with E-state index < -0.39 is 10.0 Å². The number of carbonyl (C=O) groups is 1. The van der Waals surface area contributed by atoms with Crippen LogP contribution in [0.5, 0.6) is 0 Å². The molecule has 0 bridgehead atoms. The summed E-state index contributed by atoms with van der Waals surface area (Å²) in [4.78, 5) is 17.5. The lowest BCUT2D eigenvalue weighted by atomic mass is 9.96. The molecule has 2 aromatic carbocycles. The minimum Gasteiger partial charge on any atom is -0.379 e. The van der Waals surface area contributed by atoms with Crippen molar-refractivity contribution < 1.29 is 17.9 Å². The van der Waals surface area contributed by atoms with Crippen LogP contribution in [0, 0.1) is 0 Å². The number of fused-ring (bicyclic) bond motifs is 1. The number of para-hydroxylation sites is 1. The summed E-state index contributed by atoms with van der Waals surface area (Å²) in [6.07, 6.45) is 1.98. The zero-order valence-corrected chi connectivity index (χ0v) is 21.1. The highest BCUT2D eigenvalue weighted by molar-refractivity contribution is 7.89. The second-order valence-corrected chi connectivity index (χ2v) is 11.5. The van der Waals surface area contributed by atoms with Crippen molar-refractivity contribution in [1.82, 2.24) is 14.6 Å². The van der Waals surface area contributed by atoms with Crippen LogP contribution < -0.4 is 5.32 Å². The van der Waals surface area contributed by atoms with Gasteiger partial charge < -0.3 is 15.0 Å². The molecule has 1 fully saturated rings. The number of thiophene rings is 1. The lowest BCUT2D eigenvalue weighted by molar-refractivity contribution is 0.0730. The summed E-state index contributed by atoms with van der Waals surface area (Å²) >= 11 is 7.88. The Hall–Kier alpha value is -2.69. The summed E-state index contributed by atoms with van der Waals surface area (Å²) in [5.74, 6) is -0.416. The molecule has 5 rings (SSSR count). The van der Waals surface area contributed by atoms with Crippen molar-refractivity contribution in [3.8, 4) is 0 Å². The number of nitrogens with one attached hydrogen (secondary N) is 2. The summed E-state index contributed by atoms with van der Waals surface area (Å²) in [6, 6.07) is 16.5. The molecule has 2 N–H and O–H groups in total. The SMILES string of the molecule is O=C(NC[C@@H](c1cccs1)c1c[nH]c2ccccc12)c1ccc(Cl)c(S(=O)(=O)N2CCOCC2)c1. The number of ether oxygens (including phenoxy) is 1. The minimum atomic E-state index is -3.84. The third kappa shape index (κ3) is 4.87. The maximum atomic E-state index is 13.1. The Balaban J connectivity index is 1.39. The van der Waals surface area contributed by atoms with Crippen LogP contribution in [0.15, 0.2) is 71.1 Å². The quantitative estimate of drug-likeness (QED) is 0.369. The Morgan fingerprint density at radius 1 is 1.14 bits per heavy atom. The van der Waals surface area contributed by atoms with Crippen LogP contribution in [0.4, 0.5) is 0 Å². The maximum Gasteiger partial charge on any atom is 0.251 e. The molecular formula is C25H24ClN3O4S2. The first-order chi connectivity index (χ1) is 16.9. The number of carbonyl (C=O) groups excluding carboxylic acids is 1. The Labute approximate surface area is 212 Å². The predicted molar refractivity (Wildman–Crippen MR) is 138 cm³/mol. The number of aromatic amines is 1. The average Bonchev–Trinajstić information content (AvgIpc) is 3.56. The van der Waals surface area contributed by atoms with Crippen LogP contribution in [0.1, 0.15) is 26.7 Å². The fourth-order valence-corrected chi connectivity index (χ4v) is 7.06. The van der Waals surface area contributed by atoms with Crippen LogP contribution in [0.3, 0.4) is 0 Å². The molecule has 0 radical (unpaired) electrons. The Morgan fingerprint density at radius 3 is 2.71 bits per heavy atom. The third-order valence-corrected chi connectivity index (χ3v) is 9.50. The Bertz CT molecular complexity index is 1440. The van der Waals surface area contributed by atoms with Gasteiger partial charge in [0.05, 0.1) is 18.2 Å². The summed E-state index contributed by atoms with van der Waals surface area (Å²) in [5.41, 5.74) is 2.37. The van der Waals surface area contributed by atoms with E-state index in [0.717, 1.165) is 21.3 Å². The third-order valence-electron chi connectivity index (χ3n) is 6.13. The van der Waals surface area contributed by atoms with Crippen molar-refractivity contribution in [3.05, 3.63) is 87.2 Å². The number of benzene rings is 2. The molecule has 3 heterocycles. The normalized spacial score (nSPS) is 15.8. The smallest absolute Gasteiger partial charge is 0.251 e. The molecule has 7 nitrogen and oxygen atoms in total. The van der Waals surface area contributed by atoms with E-state index in [2.05, 4.69) is 22.4 Å². The van der Waals surface area contributed by atoms with Gasteiger partial charge in [-0.2, -0.15) is 4.31 Å². The lowest BCUT2D eigenvalue weighted by Crippen LogP contribution is -2.40. The predicted octanol–water partition coefficient (Wildman–Crippen LogP) is 4.47. The van der Waals surface area contributed by atoms with Crippen molar-refractivity contribution in [1.29, 1.82) is 0 Å². The van der Waals surface area contributed by atoms with Gasteiger partial charge in [0, 0.05) is 53.1 Å². The average molecular weight is 530 g/mol. The number of sulfonamides is 1. The number of H-pyrrole nitrogens is 1. The molecule has 10 heteroatoms. The van der Waals surface area contributed by atoms with Crippen molar-refractivity contribution in [3.63, 3.8) is 0 Å². The molecule has 2 aromatic heterocycles. The van der Waals surface area contributed by atoms with E-state index >= 15 is 0 Å². The molecule has 0 spiro atoms. The summed E-state index contributed by atoms with van der Waals surface area (Å²) in [7, 11) is -3.84. The van der Waals surface area contributed by atoms with Gasteiger partial charge in [-0.1, -0.05) is 35.9 Å². The number of nitrogens with zero attached hydrogens (tertiary/aromatic N) is 1. The molecule has 182 valence electrons. The number of amides is 1. The molecule has 4 aromatic rings. The van der Waals surface area contributed by atoms with Gasteiger partial charge in [-0.15, -0.1) is 11.3 Å². The van der Waals surface area contributed by atoms with Gasteiger partial charge in [-0.05, 0) is 41.3 Å². The van der Waals surface area contributed by atoms with Gasteiger partial charge in [0.15, 0.2) is 0 Å². The number of morpholine rings is 1. The first-order valence-corrected chi connectivity index (χ1v) is 13.9. The molecule has 0 saturated carbocycles. The summed E-state index contributed by atoms with van der Waals surface area (Å²) in [5, 5.41) is 6.20. The molecular weight excluding hydrogens is 506 g/mol. The molecule has 35 heavy (non-hydrogen) atoms. The van der Waals surface area contributed by atoms with Crippen molar-refractivity contribution in [2.45, 2.75) is 10.8 Å². The molecule has 0 aliphatic carbocycles. The molecule has 1 atom stereocenters.